The van der Waals surface area contributed by atoms with Crippen LogP contribution < -0.4 is 10.2 Å². The summed E-state index contributed by atoms with van der Waals surface area (Å²) in [7, 11) is 0. The molecule has 5 nitrogen and oxygen atoms in total. The fraction of sp³-hybridized carbons (Fsp3) is 0.333. The van der Waals surface area contributed by atoms with Crippen molar-refractivity contribution < 1.29 is 9.90 Å². The molecule has 21 heavy (non-hydrogen) atoms. The van der Waals surface area contributed by atoms with Gasteiger partial charge >= 0.3 is 5.97 Å². The number of hydrogen-bond donors (Lipinski definition) is 2. The molecule has 2 aromatic rings. The van der Waals surface area contributed by atoms with Gasteiger partial charge in [0.2, 0.25) is 0 Å². The van der Waals surface area contributed by atoms with Crippen molar-refractivity contribution in [1.29, 1.82) is 0 Å². The van der Waals surface area contributed by atoms with Crippen LogP contribution in [0.15, 0.2) is 24.3 Å². The molecule has 1 fully saturated rings. The van der Waals surface area contributed by atoms with E-state index in [9.17, 15) is 4.79 Å². The standard InChI is InChI=1S/C15H17N3O2S/c1-10-13(11-2-4-12(5-3-11)14(19)20)17-15(21-10)18-8-6-16-7-9-18/h2-5,16H,6-9H2,1H3,(H,19,20). The summed E-state index contributed by atoms with van der Waals surface area (Å²) in [5.41, 5.74) is 2.22. The largest absolute Gasteiger partial charge is 0.478 e. The fourth-order valence-electron chi connectivity index (χ4n) is 2.41. The summed E-state index contributed by atoms with van der Waals surface area (Å²) >= 11 is 1.70. The smallest absolute Gasteiger partial charge is 0.335 e. The normalized spacial score (nSPS) is 15.2. The lowest BCUT2D eigenvalue weighted by molar-refractivity contribution is 0.0697. The Hall–Kier alpha value is -1.92. The van der Waals surface area contributed by atoms with Gasteiger partial charge in [0, 0.05) is 36.6 Å². The number of carbonyl (C=O) groups is 1. The van der Waals surface area contributed by atoms with Gasteiger partial charge in [-0.3, -0.25) is 0 Å². The van der Waals surface area contributed by atoms with E-state index in [0.29, 0.717) is 5.56 Å². The third-order valence-electron chi connectivity index (χ3n) is 3.58. The molecule has 110 valence electrons. The molecule has 1 aromatic carbocycles. The Morgan fingerprint density at radius 3 is 2.57 bits per heavy atom. The van der Waals surface area contributed by atoms with Gasteiger partial charge in [0.15, 0.2) is 5.13 Å². The maximum Gasteiger partial charge on any atom is 0.335 e. The van der Waals surface area contributed by atoms with Crippen LogP contribution in [0.3, 0.4) is 0 Å². The minimum Gasteiger partial charge on any atom is -0.478 e. The van der Waals surface area contributed by atoms with Gasteiger partial charge in [-0.2, -0.15) is 0 Å². The summed E-state index contributed by atoms with van der Waals surface area (Å²) in [4.78, 5) is 19.1. The Morgan fingerprint density at radius 1 is 1.29 bits per heavy atom. The maximum atomic E-state index is 10.9. The number of thiazole rings is 1. The molecule has 0 radical (unpaired) electrons. The number of aryl methyl sites for hydroxylation is 1. The zero-order valence-corrected chi connectivity index (χ0v) is 12.6. The van der Waals surface area contributed by atoms with Crippen LogP contribution in [0.5, 0.6) is 0 Å². The minimum absolute atomic E-state index is 0.300. The van der Waals surface area contributed by atoms with Gasteiger partial charge in [-0.15, -0.1) is 11.3 Å². The zero-order valence-electron chi connectivity index (χ0n) is 11.8. The quantitative estimate of drug-likeness (QED) is 0.910. The summed E-state index contributed by atoms with van der Waals surface area (Å²) in [5.74, 6) is -0.905. The highest BCUT2D eigenvalue weighted by molar-refractivity contribution is 7.16. The highest BCUT2D eigenvalue weighted by Crippen LogP contribution is 2.32. The Labute approximate surface area is 127 Å². The molecule has 0 spiro atoms. The number of anilines is 1. The number of nitrogens with one attached hydrogen (secondary N) is 1. The van der Waals surface area contributed by atoms with Gasteiger partial charge in [0.05, 0.1) is 11.3 Å². The lowest BCUT2D eigenvalue weighted by Crippen LogP contribution is -2.43. The van der Waals surface area contributed by atoms with E-state index in [0.717, 1.165) is 47.4 Å². The average molecular weight is 303 g/mol. The van der Waals surface area contributed by atoms with E-state index in [-0.39, 0.29) is 0 Å². The fourth-order valence-corrected chi connectivity index (χ4v) is 3.39. The van der Waals surface area contributed by atoms with Crippen LogP contribution in [0, 0.1) is 6.92 Å². The van der Waals surface area contributed by atoms with Crippen molar-refractivity contribution in [2.75, 3.05) is 31.1 Å². The van der Waals surface area contributed by atoms with Crippen LogP contribution in [-0.4, -0.2) is 42.2 Å². The second-order valence-corrected chi connectivity index (χ2v) is 6.20. The number of carboxylic acids is 1. The van der Waals surface area contributed by atoms with Gasteiger partial charge in [0.25, 0.3) is 0 Å². The predicted octanol–water partition coefficient (Wildman–Crippen LogP) is 2.23. The first-order valence-corrected chi connectivity index (χ1v) is 7.73. The van der Waals surface area contributed by atoms with E-state index in [2.05, 4.69) is 17.1 Å². The van der Waals surface area contributed by atoms with Crippen molar-refractivity contribution in [3.05, 3.63) is 34.7 Å². The molecule has 0 bridgehead atoms. The Morgan fingerprint density at radius 2 is 1.95 bits per heavy atom. The molecule has 0 amide bonds. The summed E-state index contributed by atoms with van der Waals surface area (Å²) in [6.07, 6.45) is 0. The van der Waals surface area contributed by atoms with Crippen LogP contribution in [0.1, 0.15) is 15.2 Å². The lowest BCUT2D eigenvalue weighted by atomic mass is 10.1. The second-order valence-electron chi connectivity index (χ2n) is 5.02. The molecule has 3 rings (SSSR count). The monoisotopic (exact) mass is 303 g/mol. The first-order valence-electron chi connectivity index (χ1n) is 6.92. The van der Waals surface area contributed by atoms with Crippen LogP contribution in [0.4, 0.5) is 5.13 Å². The van der Waals surface area contributed by atoms with E-state index < -0.39 is 5.97 Å². The maximum absolute atomic E-state index is 10.9. The van der Waals surface area contributed by atoms with E-state index in [1.807, 2.05) is 12.1 Å². The Bertz CT molecular complexity index is 645. The number of nitrogens with zero attached hydrogens (tertiary/aromatic N) is 2. The van der Waals surface area contributed by atoms with Crippen LogP contribution in [0.2, 0.25) is 0 Å². The van der Waals surface area contributed by atoms with Crippen LogP contribution in [0.25, 0.3) is 11.3 Å². The molecule has 2 heterocycles. The van der Waals surface area contributed by atoms with Gasteiger partial charge < -0.3 is 15.3 Å². The molecule has 1 aliphatic heterocycles. The molecule has 6 heteroatoms. The summed E-state index contributed by atoms with van der Waals surface area (Å²) in [5, 5.41) is 13.3. The number of rotatable bonds is 3. The van der Waals surface area contributed by atoms with Gasteiger partial charge in [-0.25, -0.2) is 9.78 Å². The molecule has 1 aromatic heterocycles. The molecule has 1 saturated heterocycles. The summed E-state index contributed by atoms with van der Waals surface area (Å²) in [6, 6.07) is 6.90. The number of carboxylic acid groups (broad SMARTS) is 1. The van der Waals surface area contributed by atoms with Gasteiger partial charge in [-0.1, -0.05) is 12.1 Å². The molecular formula is C15H17N3O2S. The summed E-state index contributed by atoms with van der Waals surface area (Å²) < 4.78 is 0. The number of hydrogen-bond acceptors (Lipinski definition) is 5. The minimum atomic E-state index is -0.905. The molecule has 0 aliphatic carbocycles. The van der Waals surface area contributed by atoms with Crippen molar-refractivity contribution in [3.63, 3.8) is 0 Å². The molecule has 0 unspecified atom stereocenters. The first-order chi connectivity index (χ1) is 10.1. The molecule has 0 saturated carbocycles. The van der Waals surface area contributed by atoms with Crippen LogP contribution in [-0.2, 0) is 0 Å². The Kier molecular flexibility index (Phi) is 3.90. The third-order valence-corrected chi connectivity index (χ3v) is 4.61. The highest BCUT2D eigenvalue weighted by Gasteiger charge is 2.17. The number of piperazine rings is 1. The van der Waals surface area contributed by atoms with Gasteiger partial charge in [-0.05, 0) is 19.1 Å². The second kappa shape index (κ2) is 5.83. The zero-order chi connectivity index (χ0) is 14.8. The predicted molar refractivity (Wildman–Crippen MR) is 84.3 cm³/mol. The number of benzene rings is 1. The van der Waals surface area contributed by atoms with E-state index in [4.69, 9.17) is 10.1 Å². The molecule has 1 aliphatic rings. The van der Waals surface area contributed by atoms with Crippen molar-refractivity contribution in [3.8, 4) is 11.3 Å². The SMILES string of the molecule is Cc1sc(N2CCNCC2)nc1-c1ccc(C(=O)O)cc1. The lowest BCUT2D eigenvalue weighted by Gasteiger charge is -2.26. The molecule has 0 atom stereocenters. The van der Waals surface area contributed by atoms with Gasteiger partial charge in [0.1, 0.15) is 0 Å². The summed E-state index contributed by atoms with van der Waals surface area (Å²) in [6.45, 7) is 5.99. The van der Waals surface area contributed by atoms with Crippen molar-refractivity contribution in [2.24, 2.45) is 0 Å². The average Bonchev–Trinajstić information content (AvgIpc) is 2.90. The third kappa shape index (κ3) is 2.91. The first kappa shape index (κ1) is 14.0. The highest BCUT2D eigenvalue weighted by atomic mass is 32.1. The van der Waals surface area contributed by atoms with Crippen molar-refractivity contribution >= 4 is 22.4 Å². The van der Waals surface area contributed by atoms with Crippen LogP contribution >= 0.6 is 11.3 Å². The molecular weight excluding hydrogens is 286 g/mol. The topological polar surface area (TPSA) is 65.5 Å². The van der Waals surface area contributed by atoms with E-state index >= 15 is 0 Å². The molecule has 2 N–H and O–H groups in total. The number of aromatic carboxylic acids is 1. The van der Waals surface area contributed by atoms with Crippen molar-refractivity contribution in [1.82, 2.24) is 10.3 Å². The Balaban J connectivity index is 1.88. The number of aromatic nitrogens is 1. The van der Waals surface area contributed by atoms with E-state index in [1.54, 1.807) is 23.5 Å². The van der Waals surface area contributed by atoms with Crippen molar-refractivity contribution in [2.45, 2.75) is 6.92 Å². The van der Waals surface area contributed by atoms with E-state index in [1.165, 1.54) is 0 Å².